The van der Waals surface area contributed by atoms with Gasteiger partial charge in [-0.2, -0.15) is 10.2 Å². The van der Waals surface area contributed by atoms with Gasteiger partial charge in [-0.3, -0.25) is 0 Å². The van der Waals surface area contributed by atoms with Gasteiger partial charge in [0.25, 0.3) is 0 Å². The molecule has 2 fully saturated rings. The molecule has 1 aromatic carbocycles. The minimum absolute atomic E-state index is 0.465. The van der Waals surface area contributed by atoms with Crippen LogP contribution in [0.25, 0.3) is 0 Å². The Labute approximate surface area is 177 Å². The summed E-state index contributed by atoms with van der Waals surface area (Å²) in [6, 6.07) is 8.52. The summed E-state index contributed by atoms with van der Waals surface area (Å²) in [7, 11) is 0. The van der Waals surface area contributed by atoms with E-state index in [1.165, 1.54) is 45.2 Å². The van der Waals surface area contributed by atoms with E-state index in [-0.39, 0.29) is 0 Å². The van der Waals surface area contributed by atoms with Gasteiger partial charge in [0.2, 0.25) is 5.95 Å². The summed E-state index contributed by atoms with van der Waals surface area (Å²) in [5.41, 5.74) is 2.36. The van der Waals surface area contributed by atoms with Crippen molar-refractivity contribution in [1.82, 2.24) is 14.9 Å². The van der Waals surface area contributed by atoms with E-state index in [1.807, 2.05) is 19.1 Å². The summed E-state index contributed by atoms with van der Waals surface area (Å²) < 4.78 is 0. The van der Waals surface area contributed by atoms with Crippen molar-refractivity contribution in [1.29, 1.82) is 5.26 Å². The minimum Gasteiger partial charge on any atom is -0.368 e. The zero-order valence-electron chi connectivity index (χ0n) is 16.8. The smallest absolute Gasteiger partial charge is 0.229 e. The van der Waals surface area contributed by atoms with E-state index in [9.17, 15) is 5.26 Å². The molecule has 3 heterocycles. The van der Waals surface area contributed by atoms with Crippen molar-refractivity contribution in [3.63, 3.8) is 0 Å². The maximum atomic E-state index is 9.23. The number of nitrogens with zero attached hydrogens (tertiary/aromatic N) is 4. The van der Waals surface area contributed by atoms with Crippen LogP contribution in [0.5, 0.6) is 0 Å². The molecule has 2 aromatic rings. The molecule has 0 saturated carbocycles. The van der Waals surface area contributed by atoms with Gasteiger partial charge >= 0.3 is 0 Å². The van der Waals surface area contributed by atoms with Crippen LogP contribution in [-0.2, 0) is 0 Å². The lowest BCUT2D eigenvalue weighted by atomic mass is 9.83. The number of fused-ring (bicyclic) bond motifs is 1. The molecule has 0 aliphatic carbocycles. The van der Waals surface area contributed by atoms with Crippen LogP contribution >= 0.6 is 11.6 Å². The molecule has 0 spiro atoms. The first-order valence-corrected chi connectivity index (χ1v) is 10.8. The Kier molecular flexibility index (Phi) is 6.17. The highest BCUT2D eigenvalue weighted by Crippen LogP contribution is 2.31. The Morgan fingerprint density at radius 2 is 2.10 bits per heavy atom. The zero-order valence-corrected chi connectivity index (χ0v) is 17.5. The number of aromatic nitrogens is 2. The van der Waals surface area contributed by atoms with E-state index in [4.69, 9.17) is 11.6 Å². The molecule has 2 aliphatic heterocycles. The van der Waals surface area contributed by atoms with Gasteiger partial charge < -0.3 is 15.5 Å². The summed E-state index contributed by atoms with van der Waals surface area (Å²) in [5, 5.41) is 16.4. The van der Waals surface area contributed by atoms with E-state index in [0.29, 0.717) is 34.3 Å². The van der Waals surface area contributed by atoms with Crippen LogP contribution in [0, 0.1) is 24.2 Å². The third kappa shape index (κ3) is 4.63. The van der Waals surface area contributed by atoms with Crippen molar-refractivity contribution in [3.8, 4) is 6.07 Å². The highest BCUT2D eigenvalue weighted by molar-refractivity contribution is 6.32. The molecule has 4 rings (SSSR count). The molecule has 0 radical (unpaired) electrons. The number of piperidine rings is 2. The number of nitriles is 1. The van der Waals surface area contributed by atoms with E-state index < -0.39 is 0 Å². The Morgan fingerprint density at radius 1 is 1.24 bits per heavy atom. The minimum atomic E-state index is 0.465. The molecular formula is C22H27ClN6. The first-order chi connectivity index (χ1) is 14.1. The first-order valence-electron chi connectivity index (χ1n) is 10.4. The molecule has 2 N–H and O–H groups in total. The number of rotatable bonds is 5. The maximum Gasteiger partial charge on any atom is 0.229 e. The largest absolute Gasteiger partial charge is 0.368 e. The van der Waals surface area contributed by atoms with Gasteiger partial charge in [0.05, 0.1) is 17.8 Å². The van der Waals surface area contributed by atoms with Crippen molar-refractivity contribution in [2.24, 2.45) is 5.92 Å². The van der Waals surface area contributed by atoms with Gasteiger partial charge in [-0.05, 0) is 69.3 Å². The van der Waals surface area contributed by atoms with Crippen LogP contribution in [0.2, 0.25) is 5.02 Å². The standard InChI is InChI=1S/C22H27ClN6/c1-15-7-8-18(11-17(15)12-24)27-22-26-14-19(23)21(28-22)25-13-16-5-4-10-29-9-3-2-6-20(16)29/h7-8,11,14,16,20H,2-6,9-10,13H2,1H3,(H2,25,26,27,28)/t16-,20+/m0/s1. The fourth-order valence-corrected chi connectivity index (χ4v) is 4.70. The second kappa shape index (κ2) is 8.98. The lowest BCUT2D eigenvalue weighted by Gasteiger charge is -2.44. The average Bonchev–Trinajstić information content (AvgIpc) is 2.75. The maximum absolute atomic E-state index is 9.23. The number of halogens is 1. The fourth-order valence-electron chi connectivity index (χ4n) is 4.54. The molecule has 7 heteroatoms. The lowest BCUT2D eigenvalue weighted by Crippen LogP contribution is -2.49. The van der Waals surface area contributed by atoms with Crippen molar-refractivity contribution in [2.75, 3.05) is 30.3 Å². The molecule has 2 atom stereocenters. The monoisotopic (exact) mass is 410 g/mol. The Hall–Kier alpha value is -2.36. The molecule has 2 aliphatic rings. The van der Waals surface area contributed by atoms with Crippen LogP contribution < -0.4 is 10.6 Å². The zero-order chi connectivity index (χ0) is 20.2. The number of hydrogen-bond acceptors (Lipinski definition) is 6. The van der Waals surface area contributed by atoms with E-state index >= 15 is 0 Å². The number of hydrogen-bond donors (Lipinski definition) is 2. The third-order valence-electron chi connectivity index (χ3n) is 6.12. The molecule has 0 unspecified atom stereocenters. The van der Waals surface area contributed by atoms with Crippen molar-refractivity contribution in [2.45, 2.75) is 45.1 Å². The van der Waals surface area contributed by atoms with E-state index in [0.717, 1.165) is 17.8 Å². The SMILES string of the molecule is Cc1ccc(Nc2ncc(Cl)c(NC[C@@H]3CCCN4CCCC[C@H]34)n2)cc1C#N. The molecule has 2 saturated heterocycles. The van der Waals surface area contributed by atoms with Gasteiger partial charge in [0.1, 0.15) is 5.02 Å². The summed E-state index contributed by atoms with van der Waals surface area (Å²) in [6.45, 7) is 5.28. The molecule has 0 amide bonds. The fraction of sp³-hybridized carbons (Fsp3) is 0.500. The van der Waals surface area contributed by atoms with Gasteiger partial charge in [-0.15, -0.1) is 0 Å². The number of benzene rings is 1. The summed E-state index contributed by atoms with van der Waals surface area (Å²) in [4.78, 5) is 11.5. The van der Waals surface area contributed by atoms with E-state index in [2.05, 4.69) is 31.6 Å². The van der Waals surface area contributed by atoms with Crippen LogP contribution in [0.3, 0.4) is 0 Å². The van der Waals surface area contributed by atoms with Crippen molar-refractivity contribution >= 4 is 29.1 Å². The molecular weight excluding hydrogens is 384 g/mol. The van der Waals surface area contributed by atoms with Crippen LogP contribution in [0.4, 0.5) is 17.5 Å². The van der Waals surface area contributed by atoms with Crippen molar-refractivity contribution in [3.05, 3.63) is 40.5 Å². The number of nitrogens with one attached hydrogen (secondary N) is 2. The second-order valence-electron chi connectivity index (χ2n) is 8.04. The highest BCUT2D eigenvalue weighted by atomic mass is 35.5. The van der Waals surface area contributed by atoms with Gasteiger partial charge in [0, 0.05) is 18.3 Å². The number of anilines is 3. The molecule has 152 valence electrons. The quantitative estimate of drug-likeness (QED) is 0.741. The topological polar surface area (TPSA) is 76.9 Å². The first kappa shape index (κ1) is 19.9. The summed E-state index contributed by atoms with van der Waals surface area (Å²) in [5.74, 6) is 1.75. The molecule has 6 nitrogen and oxygen atoms in total. The van der Waals surface area contributed by atoms with Crippen LogP contribution in [0.1, 0.15) is 43.2 Å². The third-order valence-corrected chi connectivity index (χ3v) is 6.40. The molecule has 29 heavy (non-hydrogen) atoms. The second-order valence-corrected chi connectivity index (χ2v) is 8.45. The van der Waals surface area contributed by atoms with Gasteiger partial charge in [-0.25, -0.2) is 4.98 Å². The predicted octanol–water partition coefficient (Wildman–Crippen LogP) is 4.73. The van der Waals surface area contributed by atoms with Crippen LogP contribution in [-0.4, -0.2) is 40.5 Å². The Bertz CT molecular complexity index is 907. The van der Waals surface area contributed by atoms with Crippen molar-refractivity contribution < 1.29 is 0 Å². The highest BCUT2D eigenvalue weighted by Gasteiger charge is 2.32. The van der Waals surface area contributed by atoms with Gasteiger partial charge in [-0.1, -0.05) is 24.1 Å². The average molecular weight is 411 g/mol. The lowest BCUT2D eigenvalue weighted by molar-refractivity contribution is 0.0649. The van der Waals surface area contributed by atoms with Gasteiger partial charge in [0.15, 0.2) is 5.82 Å². The number of aryl methyl sites for hydroxylation is 1. The summed E-state index contributed by atoms with van der Waals surface area (Å²) in [6.07, 6.45) is 8.10. The summed E-state index contributed by atoms with van der Waals surface area (Å²) >= 11 is 6.35. The predicted molar refractivity (Wildman–Crippen MR) is 117 cm³/mol. The molecule has 1 aromatic heterocycles. The van der Waals surface area contributed by atoms with Crippen LogP contribution in [0.15, 0.2) is 24.4 Å². The normalized spacial score (nSPS) is 21.8. The Balaban J connectivity index is 1.44. The van der Waals surface area contributed by atoms with E-state index in [1.54, 1.807) is 12.3 Å². The Morgan fingerprint density at radius 3 is 2.97 bits per heavy atom. The molecule has 0 bridgehead atoms.